The molecule has 0 saturated carbocycles. The Morgan fingerprint density at radius 3 is 2.92 bits per heavy atom. The maximum atomic E-state index is 5.90. The van der Waals surface area contributed by atoms with Crippen LogP contribution in [-0.2, 0) is 0 Å². The normalized spacial score (nSPS) is 9.92. The van der Waals surface area contributed by atoms with Crippen LogP contribution in [0.2, 0.25) is 5.02 Å². The molecule has 0 unspecified atom stereocenters. The van der Waals surface area contributed by atoms with Gasteiger partial charge in [0.1, 0.15) is 5.75 Å². The molecule has 0 bridgehead atoms. The van der Waals surface area contributed by atoms with Crippen molar-refractivity contribution in [1.82, 2.24) is 0 Å². The van der Waals surface area contributed by atoms with E-state index in [2.05, 4.69) is 15.9 Å². The second kappa shape index (κ2) is 4.73. The van der Waals surface area contributed by atoms with Gasteiger partial charge in [-0.25, -0.2) is 0 Å². The van der Waals surface area contributed by atoms with Crippen molar-refractivity contribution in [2.24, 2.45) is 0 Å². The molecule has 0 aliphatic carbocycles. The Morgan fingerprint density at radius 2 is 2.25 bits per heavy atom. The number of halogens is 2. The molecule has 12 heavy (non-hydrogen) atoms. The third kappa shape index (κ3) is 2.39. The fraction of sp³-hybridized carbons (Fsp3) is 0.333. The van der Waals surface area contributed by atoms with Crippen LogP contribution in [0.5, 0.6) is 5.75 Å². The van der Waals surface area contributed by atoms with E-state index in [9.17, 15) is 0 Å². The first-order valence-corrected chi connectivity index (χ1v) is 5.19. The monoisotopic (exact) mass is 248 g/mol. The number of alkyl halides is 1. The maximum Gasteiger partial charge on any atom is 0.123 e. The van der Waals surface area contributed by atoms with Crippen molar-refractivity contribution in [3.63, 3.8) is 0 Å². The van der Waals surface area contributed by atoms with Gasteiger partial charge in [-0.1, -0.05) is 33.6 Å². The summed E-state index contributed by atoms with van der Waals surface area (Å²) in [6, 6.07) is 5.67. The van der Waals surface area contributed by atoms with E-state index >= 15 is 0 Å². The fourth-order valence-corrected chi connectivity index (χ4v) is 1.22. The first-order chi connectivity index (χ1) is 5.75. The lowest BCUT2D eigenvalue weighted by molar-refractivity contribution is 0.342. The average molecular weight is 250 g/mol. The van der Waals surface area contributed by atoms with Crippen LogP contribution < -0.4 is 4.74 Å². The topological polar surface area (TPSA) is 9.23 Å². The quantitative estimate of drug-likeness (QED) is 0.746. The van der Waals surface area contributed by atoms with Crippen molar-refractivity contribution in [3.8, 4) is 5.75 Å². The standard InChI is InChI=1S/C9H10BrClO/c1-7-8(11)3-2-4-9(7)12-6-5-10/h2-4H,5-6H2,1H3. The van der Waals surface area contributed by atoms with Gasteiger partial charge in [0, 0.05) is 15.9 Å². The minimum Gasteiger partial charge on any atom is -0.492 e. The number of benzene rings is 1. The number of ether oxygens (including phenoxy) is 1. The molecule has 0 fully saturated rings. The third-order valence-electron chi connectivity index (χ3n) is 1.55. The largest absolute Gasteiger partial charge is 0.492 e. The predicted molar refractivity (Wildman–Crippen MR) is 55.5 cm³/mol. The van der Waals surface area contributed by atoms with Crippen molar-refractivity contribution in [2.75, 3.05) is 11.9 Å². The Balaban J connectivity index is 2.78. The van der Waals surface area contributed by atoms with E-state index in [1.807, 2.05) is 25.1 Å². The molecule has 0 aromatic heterocycles. The van der Waals surface area contributed by atoms with E-state index in [1.165, 1.54) is 0 Å². The van der Waals surface area contributed by atoms with Gasteiger partial charge in [-0.05, 0) is 19.1 Å². The summed E-state index contributed by atoms with van der Waals surface area (Å²) in [4.78, 5) is 0. The summed E-state index contributed by atoms with van der Waals surface area (Å²) in [5, 5.41) is 1.58. The Bertz CT molecular complexity index is 263. The lowest BCUT2D eigenvalue weighted by atomic mass is 10.2. The van der Waals surface area contributed by atoms with Crippen molar-refractivity contribution in [2.45, 2.75) is 6.92 Å². The summed E-state index contributed by atoms with van der Waals surface area (Å²) < 4.78 is 5.44. The molecular formula is C9H10BrClO. The van der Waals surface area contributed by atoms with Gasteiger partial charge in [0.15, 0.2) is 0 Å². The zero-order chi connectivity index (χ0) is 8.97. The van der Waals surface area contributed by atoms with Crippen LogP contribution in [0.4, 0.5) is 0 Å². The zero-order valence-corrected chi connectivity index (χ0v) is 9.15. The molecule has 66 valence electrons. The van der Waals surface area contributed by atoms with Crippen LogP contribution in [0, 0.1) is 6.92 Å². The molecule has 0 aliphatic rings. The molecule has 3 heteroatoms. The molecule has 1 rings (SSSR count). The minimum atomic E-state index is 0.668. The van der Waals surface area contributed by atoms with E-state index < -0.39 is 0 Å². The van der Waals surface area contributed by atoms with Gasteiger partial charge in [0.25, 0.3) is 0 Å². The SMILES string of the molecule is Cc1c(Cl)cccc1OCCBr. The lowest BCUT2D eigenvalue weighted by Crippen LogP contribution is -1.99. The highest BCUT2D eigenvalue weighted by Crippen LogP contribution is 2.24. The van der Waals surface area contributed by atoms with Gasteiger partial charge < -0.3 is 4.74 Å². The molecule has 0 amide bonds. The minimum absolute atomic E-state index is 0.668. The zero-order valence-electron chi connectivity index (χ0n) is 6.81. The Morgan fingerprint density at radius 1 is 1.50 bits per heavy atom. The van der Waals surface area contributed by atoms with Crippen LogP contribution >= 0.6 is 27.5 Å². The summed E-state index contributed by atoms with van der Waals surface area (Å²) in [6.45, 7) is 2.62. The second-order valence-corrected chi connectivity index (χ2v) is 3.60. The predicted octanol–water partition coefficient (Wildman–Crippen LogP) is 3.42. The Kier molecular flexibility index (Phi) is 3.89. The van der Waals surface area contributed by atoms with Crippen molar-refractivity contribution in [3.05, 3.63) is 28.8 Å². The van der Waals surface area contributed by atoms with Gasteiger partial charge in [0.2, 0.25) is 0 Å². The van der Waals surface area contributed by atoms with Crippen LogP contribution in [0.25, 0.3) is 0 Å². The van der Waals surface area contributed by atoms with E-state index in [-0.39, 0.29) is 0 Å². The summed E-state index contributed by atoms with van der Waals surface area (Å²) in [6.07, 6.45) is 0. The summed E-state index contributed by atoms with van der Waals surface area (Å²) in [5.41, 5.74) is 1.00. The molecule has 0 radical (unpaired) electrons. The lowest BCUT2D eigenvalue weighted by Gasteiger charge is -2.07. The highest BCUT2D eigenvalue weighted by Gasteiger charge is 2.01. The van der Waals surface area contributed by atoms with Gasteiger partial charge in [0.05, 0.1) is 6.61 Å². The smallest absolute Gasteiger partial charge is 0.123 e. The molecular weight excluding hydrogens is 239 g/mol. The third-order valence-corrected chi connectivity index (χ3v) is 2.29. The van der Waals surface area contributed by atoms with E-state index in [4.69, 9.17) is 16.3 Å². The van der Waals surface area contributed by atoms with E-state index in [0.29, 0.717) is 6.61 Å². The summed E-state index contributed by atoms with van der Waals surface area (Å²) in [7, 11) is 0. The van der Waals surface area contributed by atoms with Crippen molar-refractivity contribution < 1.29 is 4.74 Å². The Hall–Kier alpha value is -0.210. The maximum absolute atomic E-state index is 5.90. The van der Waals surface area contributed by atoms with Gasteiger partial charge in [-0.15, -0.1) is 0 Å². The molecule has 0 atom stereocenters. The van der Waals surface area contributed by atoms with Gasteiger partial charge in [-0.3, -0.25) is 0 Å². The van der Waals surface area contributed by atoms with Crippen LogP contribution in [0.15, 0.2) is 18.2 Å². The van der Waals surface area contributed by atoms with Gasteiger partial charge >= 0.3 is 0 Å². The number of hydrogen-bond acceptors (Lipinski definition) is 1. The average Bonchev–Trinajstić information content (AvgIpc) is 2.08. The molecule has 0 N–H and O–H groups in total. The Labute approximate surface area is 85.8 Å². The highest BCUT2D eigenvalue weighted by molar-refractivity contribution is 9.09. The summed E-state index contributed by atoms with van der Waals surface area (Å²) in [5.74, 6) is 0.863. The molecule has 1 nitrogen and oxygen atoms in total. The molecule has 0 heterocycles. The molecule has 0 spiro atoms. The van der Waals surface area contributed by atoms with E-state index in [1.54, 1.807) is 0 Å². The molecule has 1 aromatic carbocycles. The molecule has 0 aliphatic heterocycles. The van der Waals surface area contributed by atoms with Crippen LogP contribution in [-0.4, -0.2) is 11.9 Å². The van der Waals surface area contributed by atoms with Crippen molar-refractivity contribution >= 4 is 27.5 Å². The summed E-state index contributed by atoms with van der Waals surface area (Å²) >= 11 is 9.19. The van der Waals surface area contributed by atoms with E-state index in [0.717, 1.165) is 21.7 Å². The van der Waals surface area contributed by atoms with Crippen molar-refractivity contribution in [1.29, 1.82) is 0 Å². The second-order valence-electron chi connectivity index (χ2n) is 2.40. The first-order valence-electron chi connectivity index (χ1n) is 3.69. The van der Waals surface area contributed by atoms with Crippen LogP contribution in [0.1, 0.15) is 5.56 Å². The number of hydrogen-bond donors (Lipinski definition) is 0. The highest BCUT2D eigenvalue weighted by atomic mass is 79.9. The van der Waals surface area contributed by atoms with Crippen LogP contribution in [0.3, 0.4) is 0 Å². The number of rotatable bonds is 3. The fourth-order valence-electron chi connectivity index (χ4n) is 0.893. The molecule has 1 aromatic rings. The van der Waals surface area contributed by atoms with Gasteiger partial charge in [-0.2, -0.15) is 0 Å². The molecule has 0 saturated heterocycles. The first kappa shape index (κ1) is 9.87.